The third-order valence-electron chi connectivity index (χ3n) is 2.68. The van der Waals surface area contributed by atoms with Gasteiger partial charge in [-0.2, -0.15) is 0 Å². The molecular formula is C14H16N2O. The lowest BCUT2D eigenvalue weighted by atomic mass is 10.1. The molecule has 3 N–H and O–H groups in total. The highest BCUT2D eigenvalue weighted by Gasteiger charge is 2.07. The quantitative estimate of drug-likeness (QED) is 0.829. The molecule has 2 rings (SSSR count). The molecule has 0 radical (unpaired) electrons. The van der Waals surface area contributed by atoms with Crippen molar-refractivity contribution >= 4 is 22.4 Å². The maximum Gasteiger partial charge on any atom is 0.240 e. The number of rotatable bonds is 2. The van der Waals surface area contributed by atoms with Gasteiger partial charge in [0.2, 0.25) is 5.91 Å². The number of hydrogen-bond acceptors (Lipinski definition) is 2. The number of benzene rings is 2. The number of carbonyl (C=O) groups excluding carboxylic acids is 1. The normalized spacial score (nSPS) is 12.4. The van der Waals surface area contributed by atoms with Crippen LogP contribution in [0.4, 0.5) is 5.69 Å². The molecule has 17 heavy (non-hydrogen) atoms. The first-order valence-corrected chi connectivity index (χ1v) is 5.63. The third kappa shape index (κ3) is 2.63. The Morgan fingerprint density at radius 1 is 1.18 bits per heavy atom. The molecular weight excluding hydrogens is 212 g/mol. The van der Waals surface area contributed by atoms with Gasteiger partial charge in [0.25, 0.3) is 0 Å². The number of amides is 1. The second-order valence-corrected chi connectivity index (χ2v) is 4.34. The molecule has 0 bridgehead atoms. The number of carbonyl (C=O) groups is 1. The number of aryl methyl sites for hydroxylation is 1. The van der Waals surface area contributed by atoms with E-state index in [0.29, 0.717) is 0 Å². The van der Waals surface area contributed by atoms with Crippen LogP contribution in [0.5, 0.6) is 0 Å². The van der Waals surface area contributed by atoms with E-state index < -0.39 is 6.04 Å². The fraction of sp³-hybridized carbons (Fsp3) is 0.214. The number of hydrogen-bond donors (Lipinski definition) is 2. The van der Waals surface area contributed by atoms with Crippen LogP contribution in [0, 0.1) is 6.92 Å². The minimum atomic E-state index is -0.497. The summed E-state index contributed by atoms with van der Waals surface area (Å²) in [6.45, 7) is 3.73. The second-order valence-electron chi connectivity index (χ2n) is 4.34. The van der Waals surface area contributed by atoms with E-state index in [0.717, 1.165) is 11.1 Å². The van der Waals surface area contributed by atoms with Crippen molar-refractivity contribution in [2.24, 2.45) is 5.73 Å². The van der Waals surface area contributed by atoms with E-state index in [2.05, 4.69) is 24.4 Å². The number of nitrogens with one attached hydrogen (secondary N) is 1. The van der Waals surface area contributed by atoms with Gasteiger partial charge in [-0.05, 0) is 36.8 Å². The second kappa shape index (κ2) is 4.55. The third-order valence-corrected chi connectivity index (χ3v) is 2.68. The van der Waals surface area contributed by atoms with Gasteiger partial charge in [0.1, 0.15) is 0 Å². The van der Waals surface area contributed by atoms with Crippen LogP contribution in [0.3, 0.4) is 0 Å². The predicted octanol–water partition coefficient (Wildman–Crippen LogP) is 2.43. The van der Waals surface area contributed by atoms with Crippen LogP contribution in [0.1, 0.15) is 12.5 Å². The molecule has 0 saturated heterocycles. The van der Waals surface area contributed by atoms with Gasteiger partial charge in [-0.1, -0.05) is 29.8 Å². The molecule has 0 saturated carbocycles. The zero-order valence-electron chi connectivity index (χ0n) is 10.0. The Kier molecular flexibility index (Phi) is 3.11. The topological polar surface area (TPSA) is 55.1 Å². The van der Waals surface area contributed by atoms with E-state index >= 15 is 0 Å². The van der Waals surface area contributed by atoms with E-state index in [1.807, 2.05) is 24.3 Å². The van der Waals surface area contributed by atoms with Gasteiger partial charge in [-0.3, -0.25) is 4.79 Å². The molecule has 0 aliphatic carbocycles. The molecule has 0 aliphatic rings. The van der Waals surface area contributed by atoms with Gasteiger partial charge in [0.05, 0.1) is 6.04 Å². The van der Waals surface area contributed by atoms with Crippen LogP contribution in [-0.2, 0) is 4.79 Å². The SMILES string of the molecule is Cc1ccc2cc(NC(=O)C(C)N)ccc2c1. The first kappa shape index (κ1) is 11.6. The molecule has 1 atom stereocenters. The zero-order valence-corrected chi connectivity index (χ0v) is 10.0. The summed E-state index contributed by atoms with van der Waals surface area (Å²) in [6.07, 6.45) is 0. The highest BCUT2D eigenvalue weighted by Crippen LogP contribution is 2.20. The summed E-state index contributed by atoms with van der Waals surface area (Å²) in [4.78, 5) is 11.5. The average Bonchev–Trinajstić information content (AvgIpc) is 2.29. The lowest BCUT2D eigenvalue weighted by Crippen LogP contribution is -2.32. The van der Waals surface area contributed by atoms with Gasteiger partial charge >= 0.3 is 0 Å². The van der Waals surface area contributed by atoms with Crippen LogP contribution in [0.15, 0.2) is 36.4 Å². The molecule has 3 heteroatoms. The summed E-state index contributed by atoms with van der Waals surface area (Å²) < 4.78 is 0. The Morgan fingerprint density at radius 3 is 2.53 bits per heavy atom. The van der Waals surface area contributed by atoms with Crippen molar-refractivity contribution in [2.75, 3.05) is 5.32 Å². The largest absolute Gasteiger partial charge is 0.325 e. The minimum Gasteiger partial charge on any atom is -0.325 e. The van der Waals surface area contributed by atoms with Gasteiger partial charge < -0.3 is 11.1 Å². The van der Waals surface area contributed by atoms with Gasteiger partial charge in [-0.15, -0.1) is 0 Å². The molecule has 1 unspecified atom stereocenters. The molecule has 0 spiro atoms. The summed E-state index contributed by atoms with van der Waals surface area (Å²) in [5.74, 6) is -0.170. The van der Waals surface area contributed by atoms with Crippen LogP contribution in [-0.4, -0.2) is 11.9 Å². The van der Waals surface area contributed by atoms with Crippen molar-refractivity contribution < 1.29 is 4.79 Å². The Labute approximate surface area is 101 Å². The Morgan fingerprint density at radius 2 is 1.82 bits per heavy atom. The molecule has 2 aromatic carbocycles. The standard InChI is InChI=1S/C14H16N2O/c1-9-3-4-12-8-13(6-5-11(12)7-9)16-14(17)10(2)15/h3-8,10H,15H2,1-2H3,(H,16,17). The number of fused-ring (bicyclic) bond motifs is 1. The van der Waals surface area contributed by atoms with Crippen LogP contribution < -0.4 is 11.1 Å². The lowest BCUT2D eigenvalue weighted by Gasteiger charge is -2.08. The smallest absolute Gasteiger partial charge is 0.240 e. The summed E-state index contributed by atoms with van der Waals surface area (Å²) in [5.41, 5.74) is 7.51. The Hall–Kier alpha value is -1.87. The fourth-order valence-electron chi connectivity index (χ4n) is 1.70. The Balaban J connectivity index is 2.32. The van der Waals surface area contributed by atoms with E-state index in [1.165, 1.54) is 10.9 Å². The van der Waals surface area contributed by atoms with E-state index in [9.17, 15) is 4.79 Å². The molecule has 2 aromatic rings. The number of anilines is 1. The van der Waals surface area contributed by atoms with E-state index in [4.69, 9.17) is 5.73 Å². The summed E-state index contributed by atoms with van der Waals surface area (Å²) in [6, 6.07) is 11.6. The van der Waals surface area contributed by atoms with Gasteiger partial charge in [0, 0.05) is 5.69 Å². The highest BCUT2D eigenvalue weighted by molar-refractivity contribution is 5.96. The van der Waals surface area contributed by atoms with E-state index in [1.54, 1.807) is 6.92 Å². The maximum atomic E-state index is 11.5. The molecule has 88 valence electrons. The molecule has 1 amide bonds. The van der Waals surface area contributed by atoms with Crippen molar-refractivity contribution in [2.45, 2.75) is 19.9 Å². The lowest BCUT2D eigenvalue weighted by molar-refractivity contribution is -0.117. The summed E-state index contributed by atoms with van der Waals surface area (Å²) in [7, 11) is 0. The van der Waals surface area contributed by atoms with Crippen molar-refractivity contribution in [3.8, 4) is 0 Å². The van der Waals surface area contributed by atoms with Crippen LogP contribution in [0.25, 0.3) is 10.8 Å². The Bertz CT molecular complexity index is 561. The maximum absolute atomic E-state index is 11.5. The van der Waals surface area contributed by atoms with Gasteiger partial charge in [0.15, 0.2) is 0 Å². The van der Waals surface area contributed by atoms with Crippen molar-refractivity contribution in [3.63, 3.8) is 0 Å². The van der Waals surface area contributed by atoms with Crippen LogP contribution >= 0.6 is 0 Å². The molecule has 0 aliphatic heterocycles. The molecule has 0 heterocycles. The first-order chi connectivity index (χ1) is 8.06. The number of nitrogens with two attached hydrogens (primary N) is 1. The van der Waals surface area contributed by atoms with Crippen LogP contribution in [0.2, 0.25) is 0 Å². The summed E-state index contributed by atoms with van der Waals surface area (Å²) in [5, 5.41) is 5.06. The molecule has 0 fully saturated rings. The predicted molar refractivity (Wildman–Crippen MR) is 71.0 cm³/mol. The van der Waals surface area contributed by atoms with Crippen molar-refractivity contribution in [1.29, 1.82) is 0 Å². The van der Waals surface area contributed by atoms with Crippen molar-refractivity contribution in [1.82, 2.24) is 0 Å². The highest BCUT2D eigenvalue weighted by atomic mass is 16.2. The fourth-order valence-corrected chi connectivity index (χ4v) is 1.70. The monoisotopic (exact) mass is 228 g/mol. The van der Waals surface area contributed by atoms with Crippen molar-refractivity contribution in [3.05, 3.63) is 42.0 Å². The van der Waals surface area contributed by atoms with Gasteiger partial charge in [-0.25, -0.2) is 0 Å². The molecule has 0 aromatic heterocycles. The summed E-state index contributed by atoms with van der Waals surface area (Å²) >= 11 is 0. The average molecular weight is 228 g/mol. The zero-order chi connectivity index (χ0) is 12.4. The van der Waals surface area contributed by atoms with E-state index in [-0.39, 0.29) is 5.91 Å². The first-order valence-electron chi connectivity index (χ1n) is 5.63. The molecule has 3 nitrogen and oxygen atoms in total. The minimum absolute atomic E-state index is 0.170.